The van der Waals surface area contributed by atoms with E-state index in [1.807, 2.05) is 13.8 Å². The van der Waals surface area contributed by atoms with Gasteiger partial charge in [-0.05, 0) is 24.6 Å². The quantitative estimate of drug-likeness (QED) is 0.456. The fourth-order valence-corrected chi connectivity index (χ4v) is 6.26. The van der Waals surface area contributed by atoms with E-state index in [1.54, 1.807) is 30.3 Å². The van der Waals surface area contributed by atoms with Crippen LogP contribution in [0.25, 0.3) is 0 Å². The Labute approximate surface area is 152 Å². The lowest BCUT2D eigenvalue weighted by atomic mass is 9.85. The summed E-state index contributed by atoms with van der Waals surface area (Å²) >= 11 is 0. The molecule has 1 fully saturated rings. The summed E-state index contributed by atoms with van der Waals surface area (Å²) in [6.45, 7) is 14.7. The summed E-state index contributed by atoms with van der Waals surface area (Å²) in [6.07, 6.45) is 1.78. The number of nitriles is 1. The molecule has 6 heteroatoms. The maximum atomic E-state index is 13.1. The molecule has 0 N–H and O–H groups in total. The summed E-state index contributed by atoms with van der Waals surface area (Å²) in [4.78, 5) is 0.289. The summed E-state index contributed by atoms with van der Waals surface area (Å²) in [7, 11) is -5.48. The average molecular weight is 375 g/mol. The van der Waals surface area contributed by atoms with E-state index in [9.17, 15) is 13.7 Å². The molecule has 1 aromatic rings. The van der Waals surface area contributed by atoms with Crippen LogP contribution in [0.3, 0.4) is 0 Å². The molecule has 1 heterocycles. The van der Waals surface area contributed by atoms with Crippen molar-refractivity contribution < 1.29 is 8.42 Å². The molecule has 0 amide bonds. The molecule has 1 aromatic carbocycles. The molecule has 0 aromatic heterocycles. The van der Waals surface area contributed by atoms with Gasteiger partial charge in [0.2, 0.25) is 10.0 Å². The van der Waals surface area contributed by atoms with E-state index in [0.29, 0.717) is 6.54 Å². The summed E-state index contributed by atoms with van der Waals surface area (Å²) in [5.74, 6) is 0. The molecule has 1 saturated heterocycles. The Morgan fingerprint density at radius 1 is 1.32 bits per heavy atom. The molecular formula is C19H26N2O2SSi. The fraction of sp³-hybridized carbons (Fsp3) is 0.421. The second-order valence-electron chi connectivity index (χ2n) is 7.92. The molecule has 0 spiro atoms. The lowest BCUT2D eigenvalue weighted by molar-refractivity contribution is 0.429. The van der Waals surface area contributed by atoms with Gasteiger partial charge in [-0.1, -0.05) is 50.3 Å². The van der Waals surface area contributed by atoms with Crippen molar-refractivity contribution in [2.24, 2.45) is 5.41 Å². The highest BCUT2D eigenvalue weighted by molar-refractivity contribution is 7.89. The molecule has 0 bridgehead atoms. The number of hydrogen-bond acceptors (Lipinski definition) is 3. The first-order chi connectivity index (χ1) is 11.5. The molecule has 1 unspecified atom stereocenters. The predicted octanol–water partition coefficient (Wildman–Crippen LogP) is 3.89. The smallest absolute Gasteiger partial charge is 0.207 e. The normalized spacial score (nSPS) is 24.0. The fourth-order valence-electron chi connectivity index (χ4n) is 3.14. The third-order valence-corrected chi connectivity index (χ3v) is 8.52. The van der Waals surface area contributed by atoms with Gasteiger partial charge in [-0.2, -0.15) is 9.57 Å². The van der Waals surface area contributed by atoms with Gasteiger partial charge < -0.3 is 0 Å². The van der Waals surface area contributed by atoms with Gasteiger partial charge in [-0.3, -0.25) is 0 Å². The van der Waals surface area contributed by atoms with Crippen LogP contribution in [0.15, 0.2) is 52.6 Å². The third-order valence-electron chi connectivity index (χ3n) is 4.80. The SMILES string of the molecule is C=CC1(C)CN(S(=O)(=O)c2ccc(C)cc2)C/C1=C(/C#N)[Si](C)(C)C. The second kappa shape index (κ2) is 6.56. The van der Waals surface area contributed by atoms with E-state index in [1.165, 1.54) is 4.31 Å². The van der Waals surface area contributed by atoms with Crippen LogP contribution in [0, 0.1) is 23.7 Å². The van der Waals surface area contributed by atoms with Gasteiger partial charge in [0.25, 0.3) is 0 Å². The zero-order valence-corrected chi connectivity index (χ0v) is 17.4. The number of aryl methyl sites for hydroxylation is 1. The van der Waals surface area contributed by atoms with Crippen LogP contribution in [-0.4, -0.2) is 33.9 Å². The van der Waals surface area contributed by atoms with Crippen molar-refractivity contribution in [3.63, 3.8) is 0 Å². The molecule has 0 aliphatic carbocycles. The van der Waals surface area contributed by atoms with Crippen molar-refractivity contribution in [3.05, 3.63) is 53.3 Å². The predicted molar refractivity (Wildman–Crippen MR) is 104 cm³/mol. The minimum atomic E-state index is -3.60. The molecule has 0 saturated carbocycles. The van der Waals surface area contributed by atoms with Crippen LogP contribution in [0.1, 0.15) is 12.5 Å². The highest BCUT2D eigenvalue weighted by atomic mass is 32.2. The van der Waals surface area contributed by atoms with Crippen LogP contribution in [0.5, 0.6) is 0 Å². The van der Waals surface area contributed by atoms with E-state index >= 15 is 0 Å². The Morgan fingerprint density at radius 3 is 2.32 bits per heavy atom. The Morgan fingerprint density at radius 2 is 1.88 bits per heavy atom. The molecular weight excluding hydrogens is 348 g/mol. The second-order valence-corrected chi connectivity index (χ2v) is 14.9. The third kappa shape index (κ3) is 3.64. The lowest BCUT2D eigenvalue weighted by Gasteiger charge is -2.26. The molecule has 0 radical (unpaired) electrons. The standard InChI is InChI=1S/C19H26N2O2SSi/c1-7-19(3)14-21(13-17(19)18(12-20)25(4,5)6)24(22,23)16-10-8-15(2)9-11-16/h7-11H,1,13-14H2,2-6H3/b18-17+. The summed E-state index contributed by atoms with van der Waals surface area (Å²) < 4.78 is 27.6. The first-order valence-electron chi connectivity index (χ1n) is 8.30. The van der Waals surface area contributed by atoms with Crippen LogP contribution in [0.2, 0.25) is 19.6 Å². The topological polar surface area (TPSA) is 61.2 Å². The van der Waals surface area contributed by atoms with Crippen molar-refractivity contribution >= 4 is 18.1 Å². The zero-order valence-electron chi connectivity index (χ0n) is 15.6. The maximum Gasteiger partial charge on any atom is 0.243 e. The highest BCUT2D eigenvalue weighted by Crippen LogP contribution is 2.42. The van der Waals surface area contributed by atoms with E-state index in [4.69, 9.17) is 0 Å². The molecule has 1 aliphatic rings. The number of hydrogen-bond donors (Lipinski definition) is 0. The Bertz CT molecular complexity index is 858. The Kier molecular flexibility index (Phi) is 5.15. The Hall–Kier alpha value is -1.68. The molecule has 2 rings (SSSR count). The summed E-state index contributed by atoms with van der Waals surface area (Å²) in [5, 5.41) is 10.5. The van der Waals surface area contributed by atoms with Gasteiger partial charge in [-0.25, -0.2) is 8.42 Å². The monoisotopic (exact) mass is 374 g/mol. The van der Waals surface area contributed by atoms with Crippen LogP contribution in [0.4, 0.5) is 0 Å². The lowest BCUT2D eigenvalue weighted by Crippen LogP contribution is -2.30. The van der Waals surface area contributed by atoms with Gasteiger partial charge in [0.15, 0.2) is 0 Å². The molecule has 1 atom stereocenters. The molecule has 1 aliphatic heterocycles. The van der Waals surface area contributed by atoms with Crippen molar-refractivity contribution in [1.29, 1.82) is 5.26 Å². The van der Waals surface area contributed by atoms with Gasteiger partial charge in [0, 0.05) is 23.7 Å². The van der Waals surface area contributed by atoms with E-state index < -0.39 is 23.5 Å². The van der Waals surface area contributed by atoms with Gasteiger partial charge in [0.1, 0.15) is 0 Å². The largest absolute Gasteiger partial charge is 0.243 e. The van der Waals surface area contributed by atoms with E-state index in [-0.39, 0.29) is 11.4 Å². The van der Waals surface area contributed by atoms with Crippen LogP contribution >= 0.6 is 0 Å². The first kappa shape index (κ1) is 19.6. The number of benzene rings is 1. The van der Waals surface area contributed by atoms with Crippen LogP contribution < -0.4 is 0 Å². The van der Waals surface area contributed by atoms with Crippen molar-refractivity contribution in [2.45, 2.75) is 38.4 Å². The number of rotatable bonds is 4. The van der Waals surface area contributed by atoms with Crippen molar-refractivity contribution in [2.75, 3.05) is 13.1 Å². The number of allylic oxidation sites excluding steroid dienone is 1. The summed E-state index contributed by atoms with van der Waals surface area (Å²) in [5.41, 5.74) is 1.41. The van der Waals surface area contributed by atoms with E-state index in [0.717, 1.165) is 16.3 Å². The average Bonchev–Trinajstić information content (AvgIpc) is 2.86. The Balaban J connectivity index is 2.55. The van der Waals surface area contributed by atoms with Crippen LogP contribution in [-0.2, 0) is 10.0 Å². The number of sulfonamides is 1. The van der Waals surface area contributed by atoms with E-state index in [2.05, 4.69) is 32.3 Å². The minimum absolute atomic E-state index is 0.256. The molecule has 25 heavy (non-hydrogen) atoms. The zero-order chi connectivity index (χ0) is 19.0. The van der Waals surface area contributed by atoms with Gasteiger partial charge >= 0.3 is 0 Å². The first-order valence-corrected chi connectivity index (χ1v) is 13.2. The highest BCUT2D eigenvalue weighted by Gasteiger charge is 2.44. The van der Waals surface area contributed by atoms with Gasteiger partial charge in [0.05, 0.1) is 19.0 Å². The van der Waals surface area contributed by atoms with Crippen molar-refractivity contribution in [1.82, 2.24) is 4.31 Å². The number of nitrogens with zero attached hydrogens (tertiary/aromatic N) is 2. The van der Waals surface area contributed by atoms with Gasteiger partial charge in [-0.15, -0.1) is 6.58 Å². The minimum Gasteiger partial charge on any atom is -0.207 e. The molecule has 134 valence electrons. The van der Waals surface area contributed by atoms with Crippen molar-refractivity contribution in [3.8, 4) is 6.07 Å². The maximum absolute atomic E-state index is 13.1. The molecule has 4 nitrogen and oxygen atoms in total. The summed E-state index contributed by atoms with van der Waals surface area (Å²) in [6, 6.07) is 9.25.